The van der Waals surface area contributed by atoms with Crippen molar-refractivity contribution in [1.29, 1.82) is 0 Å². The lowest BCUT2D eigenvalue weighted by Gasteiger charge is -2.02. The second kappa shape index (κ2) is 7.10. The molecule has 0 aliphatic rings. The minimum Gasteiger partial charge on any atom is -0.507 e. The molecule has 0 bridgehead atoms. The summed E-state index contributed by atoms with van der Waals surface area (Å²) in [5.41, 5.74) is 5.18. The monoisotopic (exact) mass is 354 g/mol. The lowest BCUT2D eigenvalue weighted by molar-refractivity contribution is -0.385. The van der Waals surface area contributed by atoms with E-state index in [0.29, 0.717) is 10.7 Å². The van der Waals surface area contributed by atoms with E-state index in [1.165, 1.54) is 29.7 Å². The number of aromatic hydroxyl groups is 1. The zero-order valence-corrected chi connectivity index (χ0v) is 14.0. The van der Waals surface area contributed by atoms with Crippen molar-refractivity contribution in [1.82, 2.24) is 4.98 Å². The van der Waals surface area contributed by atoms with Crippen molar-refractivity contribution in [3.8, 4) is 17.0 Å². The minimum absolute atomic E-state index is 0.0696. The zero-order valence-electron chi connectivity index (χ0n) is 13.2. The number of benzene rings is 2. The molecule has 7 nitrogen and oxygen atoms in total. The average Bonchev–Trinajstić information content (AvgIpc) is 3.06. The fourth-order valence-electron chi connectivity index (χ4n) is 2.22. The maximum Gasteiger partial charge on any atom is 0.273 e. The van der Waals surface area contributed by atoms with Crippen molar-refractivity contribution in [2.75, 3.05) is 5.43 Å². The first-order chi connectivity index (χ1) is 12.0. The van der Waals surface area contributed by atoms with Crippen molar-refractivity contribution in [2.24, 2.45) is 5.10 Å². The predicted molar refractivity (Wildman–Crippen MR) is 98.3 cm³/mol. The normalized spacial score (nSPS) is 10.9. The van der Waals surface area contributed by atoms with Crippen LogP contribution < -0.4 is 5.43 Å². The van der Waals surface area contributed by atoms with Gasteiger partial charge in [-0.05, 0) is 13.0 Å². The summed E-state index contributed by atoms with van der Waals surface area (Å²) < 4.78 is 0. The van der Waals surface area contributed by atoms with Gasteiger partial charge in [-0.15, -0.1) is 11.3 Å². The number of aromatic nitrogens is 1. The summed E-state index contributed by atoms with van der Waals surface area (Å²) in [6.45, 7) is 1.57. The molecule has 2 aromatic carbocycles. The van der Waals surface area contributed by atoms with Gasteiger partial charge in [-0.25, -0.2) is 4.98 Å². The lowest BCUT2D eigenvalue weighted by atomic mass is 10.1. The zero-order chi connectivity index (χ0) is 17.8. The molecule has 0 atom stereocenters. The van der Waals surface area contributed by atoms with Gasteiger partial charge in [-0.1, -0.05) is 30.3 Å². The summed E-state index contributed by atoms with van der Waals surface area (Å²) in [7, 11) is 0. The van der Waals surface area contributed by atoms with Crippen LogP contribution in [0.4, 0.5) is 10.8 Å². The van der Waals surface area contributed by atoms with Crippen LogP contribution in [0.2, 0.25) is 0 Å². The van der Waals surface area contributed by atoms with E-state index in [0.717, 1.165) is 11.3 Å². The molecule has 126 valence electrons. The number of aryl methyl sites for hydroxylation is 1. The highest BCUT2D eigenvalue weighted by molar-refractivity contribution is 7.14. The number of anilines is 1. The van der Waals surface area contributed by atoms with Crippen molar-refractivity contribution in [3.05, 3.63) is 69.1 Å². The van der Waals surface area contributed by atoms with Crippen LogP contribution in [0.15, 0.2) is 52.9 Å². The van der Waals surface area contributed by atoms with E-state index in [1.54, 1.807) is 6.92 Å². The molecule has 25 heavy (non-hydrogen) atoms. The number of phenolic OH excluding ortho intramolecular Hbond substituents is 1. The van der Waals surface area contributed by atoms with Gasteiger partial charge in [0.25, 0.3) is 5.69 Å². The molecular formula is C17H14N4O3S. The van der Waals surface area contributed by atoms with Gasteiger partial charge in [0.05, 0.1) is 16.8 Å². The van der Waals surface area contributed by atoms with Crippen LogP contribution in [-0.4, -0.2) is 21.2 Å². The van der Waals surface area contributed by atoms with Gasteiger partial charge in [-0.2, -0.15) is 5.10 Å². The Bertz CT molecular complexity index is 938. The number of phenols is 1. The molecule has 3 aromatic rings. The Balaban J connectivity index is 1.75. The van der Waals surface area contributed by atoms with E-state index in [-0.39, 0.29) is 17.0 Å². The number of nitrogens with zero attached hydrogens (tertiary/aromatic N) is 3. The fourth-order valence-corrected chi connectivity index (χ4v) is 2.89. The molecule has 0 saturated carbocycles. The molecule has 8 heteroatoms. The fraction of sp³-hybridized carbons (Fsp3) is 0.0588. The molecule has 0 fully saturated rings. The molecule has 2 N–H and O–H groups in total. The number of hydrogen-bond acceptors (Lipinski definition) is 7. The molecular weight excluding hydrogens is 340 g/mol. The van der Waals surface area contributed by atoms with Gasteiger partial charge in [-0.3, -0.25) is 15.5 Å². The van der Waals surface area contributed by atoms with E-state index in [1.807, 2.05) is 35.7 Å². The van der Waals surface area contributed by atoms with Gasteiger partial charge in [0.15, 0.2) is 0 Å². The number of rotatable bonds is 5. The molecule has 0 unspecified atom stereocenters. The highest BCUT2D eigenvalue weighted by atomic mass is 32.1. The third kappa shape index (κ3) is 3.81. The summed E-state index contributed by atoms with van der Waals surface area (Å²) >= 11 is 1.39. The molecule has 1 heterocycles. The Morgan fingerprint density at radius 2 is 2.08 bits per heavy atom. The van der Waals surface area contributed by atoms with Crippen molar-refractivity contribution in [2.45, 2.75) is 6.92 Å². The summed E-state index contributed by atoms with van der Waals surface area (Å²) in [5, 5.41) is 27.4. The Morgan fingerprint density at radius 1 is 1.32 bits per heavy atom. The Morgan fingerprint density at radius 3 is 2.80 bits per heavy atom. The molecule has 0 aliphatic heterocycles. The molecule has 0 amide bonds. The first-order valence-corrected chi connectivity index (χ1v) is 8.20. The van der Waals surface area contributed by atoms with Crippen LogP contribution in [-0.2, 0) is 0 Å². The molecule has 0 spiro atoms. The molecule has 0 radical (unpaired) electrons. The van der Waals surface area contributed by atoms with Crippen molar-refractivity contribution < 1.29 is 10.0 Å². The van der Waals surface area contributed by atoms with Crippen LogP contribution in [0, 0.1) is 17.0 Å². The predicted octanol–water partition coefficient (Wildman–Crippen LogP) is 4.18. The molecule has 3 rings (SSSR count). The van der Waals surface area contributed by atoms with Crippen molar-refractivity contribution >= 4 is 28.4 Å². The summed E-state index contributed by atoms with van der Waals surface area (Å²) in [5.74, 6) is -0.0715. The van der Waals surface area contributed by atoms with Gasteiger partial charge in [0, 0.05) is 28.1 Å². The van der Waals surface area contributed by atoms with Gasteiger partial charge < -0.3 is 5.11 Å². The number of thiazole rings is 1. The maximum absolute atomic E-state index is 11.0. The first-order valence-electron chi connectivity index (χ1n) is 7.32. The highest BCUT2D eigenvalue weighted by Crippen LogP contribution is 2.27. The van der Waals surface area contributed by atoms with Gasteiger partial charge in [0.2, 0.25) is 5.13 Å². The topological polar surface area (TPSA) is 101 Å². The van der Waals surface area contributed by atoms with Crippen LogP contribution in [0.1, 0.15) is 11.1 Å². The standard InChI is InChI=1S/C17H14N4O3S/c1-11-7-16(22)13(8-15(11)21(23)24)9-18-20-17-19-14(10-25-17)12-5-3-2-4-6-12/h2-10,22H,1H3,(H,19,20). The van der Waals surface area contributed by atoms with E-state index >= 15 is 0 Å². The highest BCUT2D eigenvalue weighted by Gasteiger charge is 2.14. The summed E-state index contributed by atoms with van der Waals surface area (Å²) in [4.78, 5) is 14.9. The van der Waals surface area contributed by atoms with Gasteiger partial charge >= 0.3 is 0 Å². The number of hydrogen-bond donors (Lipinski definition) is 2. The van der Waals surface area contributed by atoms with E-state index in [9.17, 15) is 15.2 Å². The average molecular weight is 354 g/mol. The maximum atomic E-state index is 11.0. The van der Waals surface area contributed by atoms with E-state index in [2.05, 4.69) is 15.5 Å². The Labute approximate surface area is 147 Å². The molecule has 1 aromatic heterocycles. The first kappa shape index (κ1) is 16.6. The second-order valence-corrected chi connectivity index (χ2v) is 6.09. The van der Waals surface area contributed by atoms with Crippen LogP contribution in [0.3, 0.4) is 0 Å². The minimum atomic E-state index is -0.494. The number of nitro benzene ring substituents is 1. The summed E-state index contributed by atoms with van der Waals surface area (Å²) in [6, 6.07) is 12.4. The summed E-state index contributed by atoms with van der Waals surface area (Å²) in [6.07, 6.45) is 1.32. The van der Waals surface area contributed by atoms with Crippen LogP contribution in [0.5, 0.6) is 5.75 Å². The molecule has 0 aliphatic carbocycles. The Hall–Kier alpha value is -3.26. The third-order valence-electron chi connectivity index (χ3n) is 3.48. The smallest absolute Gasteiger partial charge is 0.273 e. The van der Waals surface area contributed by atoms with E-state index < -0.39 is 4.92 Å². The third-order valence-corrected chi connectivity index (χ3v) is 4.23. The number of hydrazone groups is 1. The quantitative estimate of drug-likeness (QED) is 0.407. The number of nitrogens with one attached hydrogen (secondary N) is 1. The van der Waals surface area contributed by atoms with E-state index in [4.69, 9.17) is 0 Å². The largest absolute Gasteiger partial charge is 0.507 e. The number of nitro groups is 1. The van der Waals surface area contributed by atoms with Gasteiger partial charge in [0.1, 0.15) is 5.75 Å². The van der Waals surface area contributed by atoms with Crippen LogP contribution >= 0.6 is 11.3 Å². The SMILES string of the molecule is Cc1cc(O)c(C=NNc2nc(-c3ccccc3)cs2)cc1[N+](=O)[O-]. The van der Waals surface area contributed by atoms with Crippen molar-refractivity contribution in [3.63, 3.8) is 0 Å². The lowest BCUT2D eigenvalue weighted by Crippen LogP contribution is -1.96. The second-order valence-electron chi connectivity index (χ2n) is 5.23. The van der Waals surface area contributed by atoms with Crippen LogP contribution in [0.25, 0.3) is 11.3 Å². The molecule has 0 saturated heterocycles. The Kier molecular flexibility index (Phi) is 4.71.